The van der Waals surface area contributed by atoms with E-state index in [1.807, 2.05) is 0 Å². The van der Waals surface area contributed by atoms with Gasteiger partial charge >= 0.3 is 5.97 Å². The highest BCUT2D eigenvalue weighted by Crippen LogP contribution is 2.42. The SMILES string of the molecule is COc1cccc(C(=O)NCC(=O)N2CC3CCCC3C2C(=O)O)c1. The molecule has 2 aliphatic rings. The van der Waals surface area contributed by atoms with Crippen molar-refractivity contribution in [2.75, 3.05) is 20.2 Å². The zero-order valence-corrected chi connectivity index (χ0v) is 14.1. The molecule has 134 valence electrons. The molecule has 1 saturated carbocycles. The van der Waals surface area contributed by atoms with Crippen molar-refractivity contribution in [3.63, 3.8) is 0 Å². The van der Waals surface area contributed by atoms with Gasteiger partial charge in [-0.1, -0.05) is 12.5 Å². The minimum absolute atomic E-state index is 0.0375. The van der Waals surface area contributed by atoms with Crippen LogP contribution < -0.4 is 10.1 Å². The number of carboxylic acids is 1. The van der Waals surface area contributed by atoms with Gasteiger partial charge in [0, 0.05) is 12.1 Å². The molecule has 0 radical (unpaired) electrons. The zero-order chi connectivity index (χ0) is 18.0. The highest BCUT2D eigenvalue weighted by Gasteiger charge is 2.49. The van der Waals surface area contributed by atoms with E-state index < -0.39 is 17.9 Å². The van der Waals surface area contributed by atoms with E-state index in [9.17, 15) is 19.5 Å². The van der Waals surface area contributed by atoms with Gasteiger partial charge in [-0.2, -0.15) is 0 Å². The molecule has 1 aliphatic heterocycles. The van der Waals surface area contributed by atoms with Gasteiger partial charge in [0.25, 0.3) is 5.91 Å². The average molecular weight is 346 g/mol. The maximum absolute atomic E-state index is 12.5. The lowest BCUT2D eigenvalue weighted by Gasteiger charge is -2.24. The highest BCUT2D eigenvalue weighted by molar-refractivity contribution is 5.97. The number of aliphatic carboxylic acids is 1. The van der Waals surface area contributed by atoms with Gasteiger partial charge in [-0.25, -0.2) is 4.79 Å². The molecule has 7 nitrogen and oxygen atoms in total. The molecule has 0 spiro atoms. The predicted molar refractivity (Wildman–Crippen MR) is 89.3 cm³/mol. The Morgan fingerprint density at radius 1 is 1.32 bits per heavy atom. The van der Waals surface area contributed by atoms with E-state index in [-0.39, 0.29) is 24.3 Å². The minimum atomic E-state index is -0.957. The Labute approximate surface area is 146 Å². The van der Waals surface area contributed by atoms with E-state index >= 15 is 0 Å². The molecule has 1 aromatic carbocycles. The quantitative estimate of drug-likeness (QED) is 0.833. The monoisotopic (exact) mass is 346 g/mol. The van der Waals surface area contributed by atoms with Gasteiger partial charge in [0.1, 0.15) is 11.8 Å². The number of amides is 2. The van der Waals surface area contributed by atoms with Gasteiger partial charge in [-0.05, 0) is 42.9 Å². The van der Waals surface area contributed by atoms with Crippen molar-refractivity contribution in [2.24, 2.45) is 11.8 Å². The van der Waals surface area contributed by atoms with Gasteiger partial charge in [-0.15, -0.1) is 0 Å². The van der Waals surface area contributed by atoms with Crippen molar-refractivity contribution in [1.82, 2.24) is 10.2 Å². The first kappa shape index (κ1) is 17.3. The van der Waals surface area contributed by atoms with E-state index in [4.69, 9.17) is 4.74 Å². The van der Waals surface area contributed by atoms with Crippen LogP contribution in [0.2, 0.25) is 0 Å². The van der Waals surface area contributed by atoms with Crippen LogP contribution >= 0.6 is 0 Å². The third-order valence-corrected chi connectivity index (χ3v) is 5.20. The molecule has 3 unspecified atom stereocenters. The van der Waals surface area contributed by atoms with E-state index in [0.29, 0.717) is 17.9 Å². The fourth-order valence-electron chi connectivity index (χ4n) is 4.00. The molecule has 2 fully saturated rings. The highest BCUT2D eigenvalue weighted by atomic mass is 16.5. The number of hydrogen-bond donors (Lipinski definition) is 2. The molecule has 3 atom stereocenters. The lowest BCUT2D eigenvalue weighted by Crippen LogP contribution is -2.47. The summed E-state index contributed by atoms with van der Waals surface area (Å²) in [5.41, 5.74) is 0.389. The molecule has 7 heteroatoms. The molecule has 2 N–H and O–H groups in total. The van der Waals surface area contributed by atoms with E-state index in [2.05, 4.69) is 5.32 Å². The molecule has 2 amide bonds. The van der Waals surface area contributed by atoms with Gasteiger partial charge in [0.2, 0.25) is 5.91 Å². The Morgan fingerprint density at radius 3 is 2.84 bits per heavy atom. The maximum Gasteiger partial charge on any atom is 0.326 e. The first-order valence-corrected chi connectivity index (χ1v) is 8.45. The number of nitrogens with one attached hydrogen (secondary N) is 1. The van der Waals surface area contributed by atoms with Crippen LogP contribution in [0.4, 0.5) is 0 Å². The lowest BCUT2D eigenvalue weighted by atomic mass is 9.94. The van der Waals surface area contributed by atoms with Gasteiger partial charge in [0.05, 0.1) is 13.7 Å². The maximum atomic E-state index is 12.5. The summed E-state index contributed by atoms with van der Waals surface area (Å²) in [7, 11) is 1.51. The Morgan fingerprint density at radius 2 is 2.12 bits per heavy atom. The standard InChI is InChI=1S/C18H22N2O5/c1-25-13-6-2-4-11(8-13)17(22)19-9-15(21)20-10-12-5-3-7-14(12)16(20)18(23)24/h2,4,6,8,12,14,16H,3,5,7,9-10H2,1H3,(H,19,22)(H,23,24). The number of benzene rings is 1. The molecule has 1 aliphatic carbocycles. The van der Waals surface area contributed by atoms with Crippen molar-refractivity contribution >= 4 is 17.8 Å². The number of fused-ring (bicyclic) bond motifs is 1. The topological polar surface area (TPSA) is 95.9 Å². The van der Waals surface area contributed by atoms with Crippen molar-refractivity contribution in [3.05, 3.63) is 29.8 Å². The first-order chi connectivity index (χ1) is 12.0. The second-order valence-electron chi connectivity index (χ2n) is 6.60. The number of nitrogens with zero attached hydrogens (tertiary/aromatic N) is 1. The number of carbonyl (C=O) groups excluding carboxylic acids is 2. The third kappa shape index (κ3) is 3.45. The van der Waals surface area contributed by atoms with Crippen molar-refractivity contribution in [3.8, 4) is 5.75 Å². The van der Waals surface area contributed by atoms with Gasteiger partial charge in [-0.3, -0.25) is 9.59 Å². The number of rotatable bonds is 5. The summed E-state index contributed by atoms with van der Waals surface area (Å²) < 4.78 is 5.07. The largest absolute Gasteiger partial charge is 0.497 e. The Balaban J connectivity index is 1.62. The molecular formula is C18H22N2O5. The van der Waals surface area contributed by atoms with Crippen LogP contribution in [0.1, 0.15) is 29.6 Å². The normalized spacial score (nSPS) is 24.7. The summed E-state index contributed by atoms with van der Waals surface area (Å²) in [6.07, 6.45) is 2.84. The third-order valence-electron chi connectivity index (χ3n) is 5.20. The molecular weight excluding hydrogens is 324 g/mol. The lowest BCUT2D eigenvalue weighted by molar-refractivity contribution is -0.149. The summed E-state index contributed by atoms with van der Waals surface area (Å²) in [5, 5.41) is 12.1. The molecule has 25 heavy (non-hydrogen) atoms. The van der Waals surface area contributed by atoms with Crippen molar-refractivity contribution in [2.45, 2.75) is 25.3 Å². The number of hydrogen-bond acceptors (Lipinski definition) is 4. The summed E-state index contributed by atoms with van der Waals surface area (Å²) in [4.78, 5) is 37.7. The Hall–Kier alpha value is -2.57. The molecule has 3 rings (SSSR count). The number of methoxy groups -OCH3 is 1. The molecule has 0 bridgehead atoms. The summed E-state index contributed by atoms with van der Waals surface area (Å²) in [5.74, 6) is -0.842. The molecule has 1 saturated heterocycles. The molecule has 1 aromatic rings. The number of likely N-dealkylation sites (tertiary alicyclic amines) is 1. The molecule has 1 heterocycles. The van der Waals surface area contributed by atoms with Crippen LogP contribution in [-0.4, -0.2) is 54.0 Å². The number of ether oxygens (including phenoxy) is 1. The number of carbonyl (C=O) groups is 3. The second-order valence-corrected chi connectivity index (χ2v) is 6.60. The van der Waals surface area contributed by atoms with E-state index in [0.717, 1.165) is 19.3 Å². The van der Waals surface area contributed by atoms with Gasteiger partial charge in [0.15, 0.2) is 0 Å². The minimum Gasteiger partial charge on any atom is -0.497 e. The molecule has 0 aromatic heterocycles. The summed E-state index contributed by atoms with van der Waals surface area (Å²) in [6.45, 7) is 0.259. The second kappa shape index (κ2) is 7.13. The fourth-order valence-corrected chi connectivity index (χ4v) is 4.00. The fraction of sp³-hybridized carbons (Fsp3) is 0.500. The van der Waals surface area contributed by atoms with Crippen LogP contribution in [0.25, 0.3) is 0 Å². The average Bonchev–Trinajstić information content (AvgIpc) is 3.19. The summed E-state index contributed by atoms with van der Waals surface area (Å²) in [6, 6.07) is 5.86. The number of carboxylic acid groups (broad SMARTS) is 1. The van der Waals surface area contributed by atoms with Crippen LogP contribution in [0, 0.1) is 11.8 Å². The van der Waals surface area contributed by atoms with Crippen LogP contribution in [0.5, 0.6) is 5.75 Å². The predicted octanol–water partition coefficient (Wildman–Crippen LogP) is 1.14. The summed E-state index contributed by atoms with van der Waals surface area (Å²) >= 11 is 0. The van der Waals surface area contributed by atoms with E-state index in [1.54, 1.807) is 24.3 Å². The van der Waals surface area contributed by atoms with E-state index in [1.165, 1.54) is 12.0 Å². The van der Waals surface area contributed by atoms with Crippen molar-refractivity contribution in [1.29, 1.82) is 0 Å². The van der Waals surface area contributed by atoms with Crippen LogP contribution in [0.3, 0.4) is 0 Å². The van der Waals surface area contributed by atoms with Crippen LogP contribution in [0.15, 0.2) is 24.3 Å². The van der Waals surface area contributed by atoms with Crippen LogP contribution in [-0.2, 0) is 9.59 Å². The Bertz CT molecular complexity index is 690. The zero-order valence-electron chi connectivity index (χ0n) is 14.1. The van der Waals surface area contributed by atoms with Gasteiger partial charge < -0.3 is 20.1 Å². The first-order valence-electron chi connectivity index (χ1n) is 8.45. The Kier molecular flexibility index (Phi) is 4.92. The van der Waals surface area contributed by atoms with Crippen molar-refractivity contribution < 1.29 is 24.2 Å². The smallest absolute Gasteiger partial charge is 0.326 e.